The molecule has 2 aromatic rings. The summed E-state index contributed by atoms with van der Waals surface area (Å²) in [7, 11) is 0. The van der Waals surface area contributed by atoms with Crippen LogP contribution in [0.25, 0.3) is 5.69 Å². The number of nitrogens with zero attached hydrogens (tertiary/aromatic N) is 4. The monoisotopic (exact) mass is 271 g/mol. The Morgan fingerprint density at radius 2 is 2.05 bits per heavy atom. The number of tetrazole rings is 1. The van der Waals surface area contributed by atoms with E-state index in [1.807, 2.05) is 18.2 Å². The minimum Gasteiger partial charge on any atom is -0.380 e. The molecule has 1 fully saturated rings. The summed E-state index contributed by atoms with van der Waals surface area (Å²) in [6.07, 6.45) is 5.46. The van der Waals surface area contributed by atoms with Crippen molar-refractivity contribution in [1.82, 2.24) is 20.2 Å². The SMILES string of the molecule is CC1CCC(Nc2ccccc2-n2cnnn2)C(C)C1. The average Bonchev–Trinajstić information content (AvgIpc) is 2.96. The third-order valence-electron chi connectivity index (χ3n) is 4.27. The van der Waals surface area contributed by atoms with Crippen LogP contribution in [-0.4, -0.2) is 26.2 Å². The molecule has 0 aliphatic heterocycles. The van der Waals surface area contributed by atoms with Gasteiger partial charge in [0.05, 0.1) is 11.4 Å². The second kappa shape index (κ2) is 5.61. The van der Waals surface area contributed by atoms with Crippen molar-refractivity contribution < 1.29 is 0 Å². The van der Waals surface area contributed by atoms with Gasteiger partial charge in [0.1, 0.15) is 6.33 Å². The summed E-state index contributed by atoms with van der Waals surface area (Å²) in [5, 5.41) is 15.1. The number of benzene rings is 1. The number of hydrogen-bond acceptors (Lipinski definition) is 4. The van der Waals surface area contributed by atoms with Gasteiger partial charge in [0.2, 0.25) is 0 Å². The van der Waals surface area contributed by atoms with Gasteiger partial charge in [-0.3, -0.25) is 0 Å². The Bertz CT molecular complexity index is 551. The molecule has 3 rings (SSSR count). The Balaban J connectivity index is 1.81. The quantitative estimate of drug-likeness (QED) is 0.932. The summed E-state index contributed by atoms with van der Waals surface area (Å²) in [5.41, 5.74) is 2.11. The zero-order valence-electron chi connectivity index (χ0n) is 12.0. The highest BCUT2D eigenvalue weighted by molar-refractivity contribution is 5.60. The van der Waals surface area contributed by atoms with Crippen molar-refractivity contribution in [2.75, 3.05) is 5.32 Å². The molecule has 20 heavy (non-hydrogen) atoms. The predicted octanol–water partition coefficient (Wildman–Crippen LogP) is 2.90. The molecule has 1 N–H and O–H groups in total. The Hall–Kier alpha value is -1.91. The maximum absolute atomic E-state index is 3.99. The van der Waals surface area contributed by atoms with Crippen molar-refractivity contribution in [3.8, 4) is 5.69 Å². The van der Waals surface area contributed by atoms with Crippen molar-refractivity contribution in [2.24, 2.45) is 11.8 Å². The lowest BCUT2D eigenvalue weighted by Crippen LogP contribution is -2.33. The maximum atomic E-state index is 3.99. The Morgan fingerprint density at radius 3 is 2.80 bits per heavy atom. The van der Waals surface area contributed by atoms with E-state index in [2.05, 4.69) is 40.8 Å². The van der Waals surface area contributed by atoms with Gasteiger partial charge in [-0.25, -0.2) is 0 Å². The lowest BCUT2D eigenvalue weighted by molar-refractivity contribution is 0.276. The van der Waals surface area contributed by atoms with Crippen LogP contribution < -0.4 is 5.32 Å². The van der Waals surface area contributed by atoms with Crippen LogP contribution in [0.4, 0.5) is 5.69 Å². The standard InChI is InChI=1S/C15H21N5/c1-11-7-8-13(12(2)9-11)17-14-5-3-4-6-15(14)20-10-16-18-19-20/h3-6,10-13,17H,7-9H2,1-2H3. The fourth-order valence-electron chi connectivity index (χ4n) is 3.15. The van der Waals surface area contributed by atoms with E-state index in [1.54, 1.807) is 11.0 Å². The van der Waals surface area contributed by atoms with Crippen LogP contribution >= 0.6 is 0 Å². The van der Waals surface area contributed by atoms with Gasteiger partial charge in [-0.2, -0.15) is 4.68 Å². The Morgan fingerprint density at radius 1 is 1.20 bits per heavy atom. The minimum absolute atomic E-state index is 0.531. The van der Waals surface area contributed by atoms with Crippen LogP contribution in [0.3, 0.4) is 0 Å². The van der Waals surface area contributed by atoms with Gasteiger partial charge in [-0.05, 0) is 53.7 Å². The van der Waals surface area contributed by atoms with E-state index in [0.717, 1.165) is 17.3 Å². The zero-order chi connectivity index (χ0) is 13.9. The number of rotatable bonds is 3. The number of nitrogens with one attached hydrogen (secondary N) is 1. The molecule has 1 aliphatic carbocycles. The fourth-order valence-corrected chi connectivity index (χ4v) is 3.15. The molecular formula is C15H21N5. The summed E-state index contributed by atoms with van der Waals surface area (Å²) in [4.78, 5) is 0. The van der Waals surface area contributed by atoms with E-state index < -0.39 is 0 Å². The first-order valence-corrected chi connectivity index (χ1v) is 7.33. The average molecular weight is 271 g/mol. The molecule has 0 spiro atoms. The predicted molar refractivity (Wildman–Crippen MR) is 78.7 cm³/mol. The van der Waals surface area contributed by atoms with Crippen LogP contribution in [0.2, 0.25) is 0 Å². The Kier molecular flexibility index (Phi) is 3.67. The fraction of sp³-hybridized carbons (Fsp3) is 0.533. The number of anilines is 1. The van der Waals surface area contributed by atoms with Gasteiger partial charge in [0, 0.05) is 6.04 Å². The van der Waals surface area contributed by atoms with E-state index in [9.17, 15) is 0 Å². The molecular weight excluding hydrogens is 250 g/mol. The summed E-state index contributed by atoms with van der Waals surface area (Å²) >= 11 is 0. The molecule has 1 saturated carbocycles. The van der Waals surface area contributed by atoms with Crippen molar-refractivity contribution in [2.45, 2.75) is 39.2 Å². The third-order valence-corrected chi connectivity index (χ3v) is 4.27. The van der Waals surface area contributed by atoms with Crippen molar-refractivity contribution in [3.63, 3.8) is 0 Å². The molecule has 5 nitrogen and oxygen atoms in total. The van der Waals surface area contributed by atoms with Gasteiger partial charge in [0.15, 0.2) is 0 Å². The van der Waals surface area contributed by atoms with E-state index in [4.69, 9.17) is 0 Å². The van der Waals surface area contributed by atoms with E-state index in [0.29, 0.717) is 12.0 Å². The van der Waals surface area contributed by atoms with E-state index in [-0.39, 0.29) is 0 Å². The molecule has 1 aromatic carbocycles. The van der Waals surface area contributed by atoms with Crippen LogP contribution in [0.5, 0.6) is 0 Å². The summed E-state index contributed by atoms with van der Waals surface area (Å²) in [6.45, 7) is 4.69. The van der Waals surface area contributed by atoms with Gasteiger partial charge in [0.25, 0.3) is 0 Å². The largest absolute Gasteiger partial charge is 0.380 e. The third kappa shape index (κ3) is 2.66. The Labute approximate surface area is 119 Å². The van der Waals surface area contributed by atoms with E-state index >= 15 is 0 Å². The number of para-hydroxylation sites is 2. The smallest absolute Gasteiger partial charge is 0.143 e. The second-order valence-electron chi connectivity index (χ2n) is 5.92. The highest BCUT2D eigenvalue weighted by atomic mass is 15.5. The number of hydrogen-bond donors (Lipinski definition) is 1. The number of aromatic nitrogens is 4. The van der Waals surface area contributed by atoms with Crippen LogP contribution in [-0.2, 0) is 0 Å². The molecule has 1 aliphatic rings. The van der Waals surface area contributed by atoms with Crippen LogP contribution in [0.1, 0.15) is 33.1 Å². The minimum atomic E-state index is 0.531. The van der Waals surface area contributed by atoms with Crippen LogP contribution in [0, 0.1) is 11.8 Å². The van der Waals surface area contributed by atoms with Gasteiger partial charge in [-0.1, -0.05) is 26.0 Å². The normalized spacial score (nSPS) is 26.4. The molecule has 106 valence electrons. The molecule has 5 heteroatoms. The summed E-state index contributed by atoms with van der Waals surface area (Å²) in [5.74, 6) is 1.54. The molecule has 3 unspecified atom stereocenters. The van der Waals surface area contributed by atoms with Crippen LogP contribution in [0.15, 0.2) is 30.6 Å². The molecule has 0 saturated heterocycles. The molecule has 0 amide bonds. The molecule has 3 atom stereocenters. The first-order chi connectivity index (χ1) is 9.74. The zero-order valence-corrected chi connectivity index (χ0v) is 12.0. The van der Waals surface area contributed by atoms with Crippen molar-refractivity contribution in [3.05, 3.63) is 30.6 Å². The maximum Gasteiger partial charge on any atom is 0.143 e. The molecule has 1 heterocycles. The molecule has 0 bridgehead atoms. The summed E-state index contributed by atoms with van der Waals surface area (Å²) < 4.78 is 1.71. The summed E-state index contributed by atoms with van der Waals surface area (Å²) in [6, 6.07) is 8.72. The van der Waals surface area contributed by atoms with Gasteiger partial charge < -0.3 is 5.32 Å². The van der Waals surface area contributed by atoms with Gasteiger partial charge in [-0.15, -0.1) is 5.10 Å². The van der Waals surface area contributed by atoms with E-state index in [1.165, 1.54) is 19.3 Å². The molecule has 0 radical (unpaired) electrons. The highest BCUT2D eigenvalue weighted by Gasteiger charge is 2.25. The second-order valence-corrected chi connectivity index (χ2v) is 5.92. The highest BCUT2D eigenvalue weighted by Crippen LogP contribution is 2.32. The van der Waals surface area contributed by atoms with Crippen molar-refractivity contribution in [1.29, 1.82) is 0 Å². The molecule has 1 aromatic heterocycles. The first-order valence-electron chi connectivity index (χ1n) is 7.33. The van der Waals surface area contributed by atoms with Crippen molar-refractivity contribution >= 4 is 5.69 Å². The van der Waals surface area contributed by atoms with Gasteiger partial charge >= 0.3 is 0 Å². The lowest BCUT2D eigenvalue weighted by Gasteiger charge is -2.34. The topological polar surface area (TPSA) is 55.6 Å². The lowest BCUT2D eigenvalue weighted by atomic mass is 9.80. The first kappa shape index (κ1) is 13.1.